The molecule has 2 aromatic carbocycles. The Labute approximate surface area is 255 Å². The zero-order valence-electron chi connectivity index (χ0n) is 24.7. The van der Waals surface area contributed by atoms with Crippen LogP contribution in [0.1, 0.15) is 57.8 Å². The summed E-state index contributed by atoms with van der Waals surface area (Å²) >= 11 is 0. The topological polar surface area (TPSA) is 140 Å². The number of carbonyl (C=O) groups is 4. The fourth-order valence-corrected chi connectivity index (χ4v) is 4.92. The summed E-state index contributed by atoms with van der Waals surface area (Å²) in [6, 6.07) is 16.9. The van der Waals surface area contributed by atoms with E-state index in [1.165, 1.54) is 12.2 Å². The number of ether oxygens (including phenoxy) is 2. The summed E-state index contributed by atoms with van der Waals surface area (Å²) in [5, 5.41) is 4.37. The van der Waals surface area contributed by atoms with Gasteiger partial charge in [-0.3, -0.25) is 9.59 Å². The van der Waals surface area contributed by atoms with Gasteiger partial charge in [-0.05, 0) is 43.5 Å². The lowest BCUT2D eigenvalue weighted by atomic mass is 10.0. The molecule has 1 N–H and O–H groups in total. The smallest absolute Gasteiger partial charge is 0.465 e. The molecule has 2 heterocycles. The molecular weight excluding hydrogens is 566 g/mol. The molecule has 1 saturated heterocycles. The highest BCUT2D eigenvalue weighted by Crippen LogP contribution is 2.39. The molecule has 1 atom stereocenters. The van der Waals surface area contributed by atoms with E-state index in [0.29, 0.717) is 11.4 Å². The predicted molar refractivity (Wildman–Crippen MR) is 158 cm³/mol. The van der Waals surface area contributed by atoms with Crippen molar-refractivity contribution in [3.05, 3.63) is 83.2 Å². The number of nitrogens with one attached hydrogen (secondary N) is 1. The van der Waals surface area contributed by atoms with Gasteiger partial charge in [-0.1, -0.05) is 42.5 Å². The number of carbonyl (C=O) groups excluding carboxylic acids is 4. The maximum absolute atomic E-state index is 13.8. The molecule has 0 bridgehead atoms. The van der Waals surface area contributed by atoms with Crippen molar-refractivity contribution >= 4 is 23.9 Å². The molecule has 12 heteroatoms. The van der Waals surface area contributed by atoms with Crippen molar-refractivity contribution in [1.29, 1.82) is 0 Å². The van der Waals surface area contributed by atoms with E-state index in [2.05, 4.69) is 10.3 Å². The Bertz CT molecular complexity index is 1490. The van der Waals surface area contributed by atoms with Gasteiger partial charge in [0.25, 0.3) is 5.91 Å². The van der Waals surface area contributed by atoms with Gasteiger partial charge in [0.05, 0.1) is 32.4 Å². The second-order valence-corrected chi connectivity index (χ2v) is 10.6. The first-order chi connectivity index (χ1) is 21.3. The van der Waals surface area contributed by atoms with Crippen LogP contribution < -0.4 is 5.32 Å². The van der Waals surface area contributed by atoms with Crippen molar-refractivity contribution < 1.29 is 33.5 Å². The summed E-state index contributed by atoms with van der Waals surface area (Å²) in [6.07, 6.45) is 1.39. The van der Waals surface area contributed by atoms with Crippen molar-refractivity contribution in [2.75, 3.05) is 39.9 Å². The van der Waals surface area contributed by atoms with Crippen molar-refractivity contribution in [3.8, 4) is 11.4 Å². The predicted octanol–water partition coefficient (Wildman–Crippen LogP) is 3.38. The minimum Gasteiger partial charge on any atom is -0.465 e. The van der Waals surface area contributed by atoms with Gasteiger partial charge in [0, 0.05) is 36.7 Å². The maximum atomic E-state index is 13.8. The molecule has 44 heavy (non-hydrogen) atoms. The van der Waals surface area contributed by atoms with Gasteiger partial charge >= 0.3 is 12.1 Å². The van der Waals surface area contributed by atoms with Crippen molar-refractivity contribution in [2.24, 2.45) is 0 Å². The molecule has 12 nitrogen and oxygen atoms in total. The average molecular weight is 602 g/mol. The third kappa shape index (κ3) is 7.75. The van der Waals surface area contributed by atoms with Crippen molar-refractivity contribution in [3.63, 3.8) is 0 Å². The third-order valence-corrected chi connectivity index (χ3v) is 7.44. The summed E-state index contributed by atoms with van der Waals surface area (Å²) < 4.78 is 9.62. The van der Waals surface area contributed by atoms with Gasteiger partial charge in [-0.25, -0.2) is 19.6 Å². The fourth-order valence-electron chi connectivity index (χ4n) is 4.92. The lowest BCUT2D eigenvalue weighted by Crippen LogP contribution is -2.55. The molecule has 230 valence electrons. The average Bonchev–Trinajstić information content (AvgIpc) is 3.91. The molecule has 2 fully saturated rings. The van der Waals surface area contributed by atoms with E-state index in [4.69, 9.17) is 19.3 Å². The minimum absolute atomic E-state index is 0.178. The molecular formula is C32H35N5O7. The molecule has 1 aliphatic carbocycles. The van der Waals surface area contributed by atoms with E-state index in [1.807, 2.05) is 30.3 Å². The quantitative estimate of drug-likeness (QED) is 0.344. The fraction of sp³-hybridized carbons (Fsp3) is 0.375. The molecule has 2 amide bonds. The monoisotopic (exact) mass is 601 g/mol. The minimum atomic E-state index is -0.927. The van der Waals surface area contributed by atoms with Crippen LogP contribution in [0.4, 0.5) is 4.79 Å². The van der Waals surface area contributed by atoms with Crippen LogP contribution in [0, 0.1) is 0 Å². The summed E-state index contributed by atoms with van der Waals surface area (Å²) in [5.74, 6) is -0.499. The van der Waals surface area contributed by atoms with E-state index in [-0.39, 0.29) is 56.7 Å². The number of aromatic nitrogens is 2. The van der Waals surface area contributed by atoms with Crippen LogP contribution in [0.25, 0.3) is 11.4 Å². The SMILES string of the molecule is CCOC(=O)ON1CCN(C(=O)[C@H](Cc2ccc(C(=O)OC)cc2)NC(=O)c2cc(C3CC3)nc(-c3ccccc3)n2)CC1. The van der Waals surface area contributed by atoms with E-state index in [0.717, 1.165) is 29.7 Å². The van der Waals surface area contributed by atoms with Crippen LogP contribution in [0.3, 0.4) is 0 Å². The number of piperazine rings is 1. The number of rotatable bonds is 10. The largest absolute Gasteiger partial charge is 0.527 e. The Balaban J connectivity index is 1.36. The van der Waals surface area contributed by atoms with Gasteiger partial charge in [0.15, 0.2) is 5.82 Å². The number of benzene rings is 2. The van der Waals surface area contributed by atoms with Crippen LogP contribution in [-0.2, 0) is 25.5 Å². The van der Waals surface area contributed by atoms with Crippen LogP contribution in [0.5, 0.6) is 0 Å². The van der Waals surface area contributed by atoms with E-state index in [1.54, 1.807) is 42.2 Å². The molecule has 2 aliphatic rings. The number of hydroxylamine groups is 2. The van der Waals surface area contributed by atoms with Crippen LogP contribution in [0.2, 0.25) is 0 Å². The van der Waals surface area contributed by atoms with Gasteiger partial charge in [0.1, 0.15) is 11.7 Å². The number of hydrogen-bond donors (Lipinski definition) is 1. The Morgan fingerprint density at radius 2 is 1.66 bits per heavy atom. The normalized spacial score (nSPS) is 15.6. The summed E-state index contributed by atoms with van der Waals surface area (Å²) in [6.45, 7) is 3.02. The van der Waals surface area contributed by atoms with Gasteiger partial charge in [-0.2, -0.15) is 0 Å². The third-order valence-electron chi connectivity index (χ3n) is 7.44. The zero-order chi connectivity index (χ0) is 31.1. The summed E-state index contributed by atoms with van der Waals surface area (Å²) in [7, 11) is 1.31. The molecule has 5 rings (SSSR count). The second kappa shape index (κ2) is 14.1. The molecule has 1 aromatic heterocycles. The number of esters is 1. The highest BCUT2D eigenvalue weighted by Gasteiger charge is 2.32. The first-order valence-corrected chi connectivity index (χ1v) is 14.7. The van der Waals surface area contributed by atoms with E-state index < -0.39 is 24.1 Å². The van der Waals surface area contributed by atoms with E-state index in [9.17, 15) is 19.2 Å². The Morgan fingerprint density at radius 1 is 0.955 bits per heavy atom. The number of hydrogen-bond acceptors (Lipinski definition) is 10. The molecule has 1 saturated carbocycles. The molecule has 0 spiro atoms. The number of amides is 2. The summed E-state index contributed by atoms with van der Waals surface area (Å²) in [4.78, 5) is 67.3. The van der Waals surface area contributed by atoms with Crippen LogP contribution in [-0.4, -0.2) is 89.8 Å². The standard InChI is InChI=1S/C32H35N5O7/c1-3-43-32(41)44-37-17-15-36(16-18-37)30(39)27(19-21-9-11-24(12-10-21)31(40)42-2)35-29(38)26-20-25(22-13-14-22)33-28(34-26)23-7-5-4-6-8-23/h4-12,20,22,27H,3,13-19H2,1-2H3,(H,35,38)/t27-/m0/s1. The second-order valence-electron chi connectivity index (χ2n) is 10.6. The Morgan fingerprint density at radius 3 is 2.30 bits per heavy atom. The lowest BCUT2D eigenvalue weighted by molar-refractivity contribution is -0.157. The lowest BCUT2D eigenvalue weighted by Gasteiger charge is -2.35. The Hall–Kier alpha value is -4.84. The highest BCUT2D eigenvalue weighted by molar-refractivity contribution is 5.96. The van der Waals surface area contributed by atoms with Crippen molar-refractivity contribution in [1.82, 2.24) is 25.2 Å². The van der Waals surface area contributed by atoms with Crippen LogP contribution >= 0.6 is 0 Å². The highest BCUT2D eigenvalue weighted by atomic mass is 16.8. The first kappa shape index (κ1) is 30.6. The first-order valence-electron chi connectivity index (χ1n) is 14.7. The van der Waals surface area contributed by atoms with Crippen LogP contribution in [0.15, 0.2) is 60.7 Å². The number of methoxy groups -OCH3 is 1. The van der Waals surface area contributed by atoms with Gasteiger partial charge < -0.3 is 24.5 Å². The maximum Gasteiger partial charge on any atom is 0.527 e. The number of nitrogens with zero attached hydrogens (tertiary/aromatic N) is 4. The molecule has 3 aromatic rings. The van der Waals surface area contributed by atoms with E-state index >= 15 is 0 Å². The Kier molecular flexibility index (Phi) is 9.80. The van der Waals surface area contributed by atoms with Crippen molar-refractivity contribution in [2.45, 2.75) is 38.1 Å². The zero-order valence-corrected chi connectivity index (χ0v) is 24.7. The molecule has 0 unspecified atom stereocenters. The van der Waals surface area contributed by atoms with Gasteiger partial charge in [-0.15, -0.1) is 5.06 Å². The summed E-state index contributed by atoms with van der Waals surface area (Å²) in [5.41, 5.74) is 2.91. The van der Waals surface area contributed by atoms with Gasteiger partial charge in [0.2, 0.25) is 5.91 Å². The molecule has 1 aliphatic heterocycles. The molecule has 0 radical (unpaired) electrons.